The lowest BCUT2D eigenvalue weighted by Crippen LogP contribution is -2.09. The van der Waals surface area contributed by atoms with Crippen molar-refractivity contribution in [1.29, 1.82) is 0 Å². The Morgan fingerprint density at radius 1 is 0.727 bits per heavy atom. The Hall–Kier alpha value is -0.180. The van der Waals surface area contributed by atoms with Crippen LogP contribution in [-0.4, -0.2) is 17.8 Å². The van der Waals surface area contributed by atoms with Crippen LogP contribution in [0.15, 0.2) is 0 Å². The number of alkyl halides is 2. The molecule has 2 aliphatic carbocycles. The van der Waals surface area contributed by atoms with E-state index in [0.29, 0.717) is 0 Å². The van der Waals surface area contributed by atoms with Crippen molar-refractivity contribution >= 4 is 0 Å². The molecule has 2 N–H and O–H groups in total. The predicted molar refractivity (Wildman–Crippen MR) is 41.1 cm³/mol. The molecule has 0 radical (unpaired) electrons. The van der Waals surface area contributed by atoms with Crippen molar-refractivity contribution in [2.45, 2.75) is 50.9 Å². The zero-order valence-corrected chi connectivity index (χ0v) is 6.65. The summed E-state index contributed by atoms with van der Waals surface area (Å²) in [5.41, 5.74) is 0. The van der Waals surface area contributed by atoms with Gasteiger partial charge < -0.3 is 5.48 Å². The molecule has 0 aromatic carbocycles. The van der Waals surface area contributed by atoms with Crippen molar-refractivity contribution in [2.24, 2.45) is 0 Å². The summed E-state index contributed by atoms with van der Waals surface area (Å²) in [5, 5.41) is 0. The van der Waals surface area contributed by atoms with Crippen LogP contribution in [0.3, 0.4) is 0 Å². The molecule has 0 amide bonds. The van der Waals surface area contributed by atoms with Gasteiger partial charge in [0.1, 0.15) is 12.3 Å². The van der Waals surface area contributed by atoms with E-state index in [1.807, 2.05) is 0 Å². The van der Waals surface area contributed by atoms with Gasteiger partial charge in [0.25, 0.3) is 0 Å². The van der Waals surface area contributed by atoms with E-state index in [2.05, 4.69) is 0 Å². The number of hydrogen-bond donors (Lipinski definition) is 0. The van der Waals surface area contributed by atoms with E-state index in [0.717, 1.165) is 38.5 Å². The standard InChI is InChI=1S/2C4H7F.H2O/c2*5-4-2-1-3-4;/h2*4H,1-3H2;1H2. The van der Waals surface area contributed by atoms with Gasteiger partial charge in [-0.25, -0.2) is 8.78 Å². The van der Waals surface area contributed by atoms with E-state index in [1.165, 1.54) is 0 Å². The molecule has 0 bridgehead atoms. The van der Waals surface area contributed by atoms with Crippen LogP contribution in [0.25, 0.3) is 0 Å². The molecule has 0 aromatic rings. The van der Waals surface area contributed by atoms with Crippen molar-refractivity contribution in [2.75, 3.05) is 0 Å². The first-order valence-corrected chi connectivity index (χ1v) is 4.07. The van der Waals surface area contributed by atoms with Gasteiger partial charge in [-0.05, 0) is 38.5 Å². The van der Waals surface area contributed by atoms with Gasteiger partial charge in [0, 0.05) is 0 Å². The van der Waals surface area contributed by atoms with Crippen LogP contribution in [-0.2, 0) is 0 Å². The summed E-state index contributed by atoms with van der Waals surface area (Å²) < 4.78 is 23.0. The van der Waals surface area contributed by atoms with Gasteiger partial charge in [-0.1, -0.05) is 0 Å². The largest absolute Gasteiger partial charge is 0.412 e. The monoisotopic (exact) mass is 166 g/mol. The second-order valence-corrected chi connectivity index (χ2v) is 3.06. The third kappa shape index (κ3) is 4.30. The van der Waals surface area contributed by atoms with Gasteiger partial charge in [0.05, 0.1) is 0 Å². The first-order valence-electron chi connectivity index (χ1n) is 4.07. The molecule has 11 heavy (non-hydrogen) atoms. The van der Waals surface area contributed by atoms with E-state index >= 15 is 0 Å². The fourth-order valence-electron chi connectivity index (χ4n) is 0.717. The summed E-state index contributed by atoms with van der Waals surface area (Å²) in [7, 11) is 0. The summed E-state index contributed by atoms with van der Waals surface area (Å²) in [6, 6.07) is 0. The minimum absolute atomic E-state index is 0. The highest BCUT2D eigenvalue weighted by Gasteiger charge is 2.14. The maximum Gasteiger partial charge on any atom is 0.100 e. The van der Waals surface area contributed by atoms with Crippen molar-refractivity contribution in [3.8, 4) is 0 Å². The molecule has 0 spiro atoms. The summed E-state index contributed by atoms with van der Waals surface area (Å²) in [6.45, 7) is 0. The van der Waals surface area contributed by atoms with E-state index in [-0.39, 0.29) is 5.48 Å². The summed E-state index contributed by atoms with van der Waals surface area (Å²) in [4.78, 5) is 0. The molecule has 0 heterocycles. The lowest BCUT2D eigenvalue weighted by Gasteiger charge is -2.14. The number of halogens is 2. The molecule has 0 saturated heterocycles. The van der Waals surface area contributed by atoms with Crippen molar-refractivity contribution in [3.63, 3.8) is 0 Å². The van der Waals surface area contributed by atoms with E-state index in [4.69, 9.17) is 0 Å². The molecule has 0 atom stereocenters. The van der Waals surface area contributed by atoms with Crippen LogP contribution in [0.2, 0.25) is 0 Å². The second kappa shape index (κ2) is 5.47. The van der Waals surface area contributed by atoms with Crippen LogP contribution in [0.5, 0.6) is 0 Å². The van der Waals surface area contributed by atoms with Crippen LogP contribution >= 0.6 is 0 Å². The molecule has 2 aliphatic rings. The Balaban J connectivity index is 0.000000167. The zero-order chi connectivity index (χ0) is 7.40. The van der Waals surface area contributed by atoms with Gasteiger partial charge in [-0.15, -0.1) is 0 Å². The van der Waals surface area contributed by atoms with E-state index in [1.54, 1.807) is 0 Å². The van der Waals surface area contributed by atoms with Crippen LogP contribution in [0.1, 0.15) is 38.5 Å². The Labute approximate surface area is 66.1 Å². The van der Waals surface area contributed by atoms with Crippen LogP contribution in [0.4, 0.5) is 8.78 Å². The lowest BCUT2D eigenvalue weighted by molar-refractivity contribution is 0.211. The average Bonchev–Trinajstić information content (AvgIpc) is 1.80. The average molecular weight is 166 g/mol. The SMILES string of the molecule is FC1CCC1.FC1CCC1.O. The smallest absolute Gasteiger partial charge is 0.100 e. The first-order chi connectivity index (χ1) is 4.79. The molecule has 0 aliphatic heterocycles. The molecule has 2 fully saturated rings. The van der Waals surface area contributed by atoms with Crippen LogP contribution < -0.4 is 0 Å². The normalized spacial score (nSPS) is 23.5. The lowest BCUT2D eigenvalue weighted by atomic mass is 9.98. The summed E-state index contributed by atoms with van der Waals surface area (Å²) >= 11 is 0. The Morgan fingerprint density at radius 2 is 0.909 bits per heavy atom. The third-order valence-electron chi connectivity index (χ3n) is 2.07. The van der Waals surface area contributed by atoms with Crippen molar-refractivity contribution < 1.29 is 14.3 Å². The Kier molecular flexibility index (Phi) is 5.38. The summed E-state index contributed by atoms with van der Waals surface area (Å²) in [5.74, 6) is 0. The molecular weight excluding hydrogens is 150 g/mol. The van der Waals surface area contributed by atoms with Crippen molar-refractivity contribution in [1.82, 2.24) is 0 Å². The minimum Gasteiger partial charge on any atom is -0.412 e. The molecule has 68 valence electrons. The van der Waals surface area contributed by atoms with Gasteiger partial charge in [-0.3, -0.25) is 0 Å². The van der Waals surface area contributed by atoms with Gasteiger partial charge in [-0.2, -0.15) is 0 Å². The second-order valence-electron chi connectivity index (χ2n) is 3.06. The maximum atomic E-state index is 11.5. The number of rotatable bonds is 0. The topological polar surface area (TPSA) is 31.5 Å². The molecule has 0 unspecified atom stereocenters. The zero-order valence-electron chi connectivity index (χ0n) is 6.65. The highest BCUT2D eigenvalue weighted by atomic mass is 19.1. The Bertz CT molecular complexity index is 78.1. The third-order valence-corrected chi connectivity index (χ3v) is 2.07. The van der Waals surface area contributed by atoms with Gasteiger partial charge >= 0.3 is 0 Å². The van der Waals surface area contributed by atoms with Gasteiger partial charge in [0.15, 0.2) is 0 Å². The van der Waals surface area contributed by atoms with Crippen molar-refractivity contribution in [3.05, 3.63) is 0 Å². The van der Waals surface area contributed by atoms with E-state index in [9.17, 15) is 8.78 Å². The van der Waals surface area contributed by atoms with Crippen LogP contribution in [0, 0.1) is 0 Å². The molecular formula is C8H16F2O. The highest BCUT2D eigenvalue weighted by molar-refractivity contribution is 4.66. The molecule has 1 nitrogen and oxygen atoms in total. The maximum absolute atomic E-state index is 11.5. The summed E-state index contributed by atoms with van der Waals surface area (Å²) in [6.07, 6.45) is 4.63. The quantitative estimate of drug-likeness (QED) is 0.528. The first kappa shape index (κ1) is 10.8. The predicted octanol–water partition coefficient (Wildman–Crippen LogP) is 2.19. The fraction of sp³-hybridized carbons (Fsp3) is 1.00. The minimum atomic E-state index is -0.435. The number of hydrogen-bond acceptors (Lipinski definition) is 0. The molecule has 0 aromatic heterocycles. The highest BCUT2D eigenvalue weighted by Crippen LogP contribution is 2.21. The molecule has 2 saturated carbocycles. The van der Waals surface area contributed by atoms with E-state index < -0.39 is 12.3 Å². The fourth-order valence-corrected chi connectivity index (χ4v) is 0.717. The molecule has 3 heteroatoms. The van der Waals surface area contributed by atoms with Gasteiger partial charge in [0.2, 0.25) is 0 Å². The molecule has 2 rings (SSSR count). The Morgan fingerprint density at radius 3 is 0.909 bits per heavy atom.